The highest BCUT2D eigenvalue weighted by molar-refractivity contribution is 5.48. The van der Waals surface area contributed by atoms with Crippen molar-refractivity contribution in [1.29, 1.82) is 0 Å². The van der Waals surface area contributed by atoms with Crippen molar-refractivity contribution in [2.45, 2.75) is 12.3 Å². The highest BCUT2D eigenvalue weighted by Crippen LogP contribution is 2.33. The SMILES string of the molecule is O=[N+]([O-])c1cnc2ccc(NC[C@H]3CCOc4ccccc43)nn12. The van der Waals surface area contributed by atoms with Gasteiger partial charge in [-0.05, 0) is 29.0 Å². The molecule has 8 nitrogen and oxygen atoms in total. The molecule has 3 heterocycles. The van der Waals surface area contributed by atoms with E-state index >= 15 is 0 Å². The van der Waals surface area contributed by atoms with Gasteiger partial charge in [0.05, 0.1) is 6.61 Å². The van der Waals surface area contributed by atoms with Crippen LogP contribution in [0, 0.1) is 10.1 Å². The molecule has 0 unspecified atom stereocenters. The van der Waals surface area contributed by atoms with Gasteiger partial charge in [-0.2, -0.15) is 0 Å². The minimum atomic E-state index is -0.495. The fraction of sp³-hybridized carbons (Fsp3) is 0.250. The average molecular weight is 325 g/mol. The van der Waals surface area contributed by atoms with Gasteiger partial charge in [-0.25, -0.2) is 4.98 Å². The number of aromatic nitrogens is 3. The maximum Gasteiger partial charge on any atom is 0.368 e. The maximum absolute atomic E-state index is 11.0. The van der Waals surface area contributed by atoms with Gasteiger partial charge in [0.1, 0.15) is 11.9 Å². The van der Waals surface area contributed by atoms with Crippen LogP contribution in [0.2, 0.25) is 0 Å². The van der Waals surface area contributed by atoms with Crippen molar-refractivity contribution < 1.29 is 9.66 Å². The van der Waals surface area contributed by atoms with Crippen molar-refractivity contribution in [3.8, 4) is 5.75 Å². The summed E-state index contributed by atoms with van der Waals surface area (Å²) in [7, 11) is 0. The Morgan fingerprint density at radius 2 is 2.21 bits per heavy atom. The fourth-order valence-electron chi connectivity index (χ4n) is 2.94. The summed E-state index contributed by atoms with van der Waals surface area (Å²) in [4.78, 5) is 14.5. The van der Waals surface area contributed by atoms with E-state index in [1.165, 1.54) is 16.3 Å². The zero-order valence-corrected chi connectivity index (χ0v) is 12.8. The first-order valence-electron chi connectivity index (χ1n) is 7.67. The van der Waals surface area contributed by atoms with E-state index in [1.807, 2.05) is 18.2 Å². The molecule has 1 atom stereocenters. The van der Waals surface area contributed by atoms with E-state index in [0.29, 0.717) is 30.5 Å². The van der Waals surface area contributed by atoms with Gasteiger partial charge in [0, 0.05) is 18.5 Å². The number of hydrogen-bond donors (Lipinski definition) is 1. The van der Waals surface area contributed by atoms with E-state index in [0.717, 1.165) is 12.2 Å². The van der Waals surface area contributed by atoms with Gasteiger partial charge >= 0.3 is 5.82 Å². The summed E-state index contributed by atoms with van der Waals surface area (Å²) in [6.07, 6.45) is 2.12. The molecule has 0 aliphatic carbocycles. The number of nitrogens with zero attached hydrogens (tertiary/aromatic N) is 4. The molecule has 0 bridgehead atoms. The topological polar surface area (TPSA) is 94.6 Å². The highest BCUT2D eigenvalue weighted by atomic mass is 16.6. The van der Waals surface area contributed by atoms with Gasteiger partial charge < -0.3 is 20.2 Å². The Kier molecular flexibility index (Phi) is 3.49. The molecule has 3 aromatic rings. The monoisotopic (exact) mass is 325 g/mol. The normalized spacial score (nSPS) is 16.4. The standard InChI is InChI=1S/C16H15N5O3/c22-21(23)16-10-18-15-6-5-14(19-20(15)16)17-9-11-7-8-24-13-4-2-1-3-12(11)13/h1-6,10-11H,7-9H2,(H,17,19)/t11-/m1/s1. The molecule has 0 amide bonds. The van der Waals surface area contributed by atoms with E-state index in [9.17, 15) is 10.1 Å². The zero-order chi connectivity index (χ0) is 16.5. The van der Waals surface area contributed by atoms with Gasteiger partial charge in [0.15, 0.2) is 5.82 Å². The number of hydrogen-bond acceptors (Lipinski definition) is 6. The van der Waals surface area contributed by atoms with Gasteiger partial charge in [0.2, 0.25) is 5.65 Å². The first kappa shape index (κ1) is 14.4. The van der Waals surface area contributed by atoms with Gasteiger partial charge in [-0.3, -0.25) is 0 Å². The minimum absolute atomic E-state index is 0.148. The Bertz CT molecular complexity index is 908. The van der Waals surface area contributed by atoms with Crippen LogP contribution in [0.15, 0.2) is 42.6 Å². The molecular weight excluding hydrogens is 310 g/mol. The van der Waals surface area contributed by atoms with E-state index in [4.69, 9.17) is 4.74 Å². The van der Waals surface area contributed by atoms with Crippen molar-refractivity contribution in [1.82, 2.24) is 14.6 Å². The van der Waals surface area contributed by atoms with E-state index in [-0.39, 0.29) is 5.82 Å². The predicted molar refractivity (Wildman–Crippen MR) is 87.4 cm³/mol. The van der Waals surface area contributed by atoms with Crippen LogP contribution in [0.3, 0.4) is 0 Å². The van der Waals surface area contributed by atoms with Crippen molar-refractivity contribution >= 4 is 17.3 Å². The summed E-state index contributed by atoms with van der Waals surface area (Å²) in [5.41, 5.74) is 1.62. The molecular formula is C16H15N5O3. The van der Waals surface area contributed by atoms with E-state index in [1.54, 1.807) is 12.1 Å². The van der Waals surface area contributed by atoms with Crippen molar-refractivity contribution in [3.63, 3.8) is 0 Å². The molecule has 0 saturated carbocycles. The average Bonchev–Trinajstić information content (AvgIpc) is 3.03. The van der Waals surface area contributed by atoms with Crippen LogP contribution >= 0.6 is 0 Å². The molecule has 0 saturated heterocycles. The zero-order valence-electron chi connectivity index (χ0n) is 12.8. The van der Waals surface area contributed by atoms with Gasteiger partial charge in [-0.15, -0.1) is 0 Å². The van der Waals surface area contributed by atoms with Crippen LogP contribution in [0.25, 0.3) is 5.65 Å². The molecule has 8 heteroatoms. The number of anilines is 1. The third-order valence-electron chi connectivity index (χ3n) is 4.14. The minimum Gasteiger partial charge on any atom is -0.493 e. The Hall–Kier alpha value is -3.16. The number of fused-ring (bicyclic) bond motifs is 2. The largest absolute Gasteiger partial charge is 0.493 e. The van der Waals surface area contributed by atoms with Crippen LogP contribution in [0.5, 0.6) is 5.75 Å². The third kappa shape index (κ3) is 2.51. The van der Waals surface area contributed by atoms with Crippen molar-refractivity contribution in [3.05, 3.63) is 58.3 Å². The number of benzene rings is 1. The van der Waals surface area contributed by atoms with Crippen LogP contribution in [0.1, 0.15) is 17.9 Å². The number of ether oxygens (including phenoxy) is 1. The molecule has 122 valence electrons. The Morgan fingerprint density at radius 1 is 1.33 bits per heavy atom. The van der Waals surface area contributed by atoms with Crippen LogP contribution in [-0.4, -0.2) is 32.7 Å². The van der Waals surface area contributed by atoms with Crippen molar-refractivity contribution in [2.24, 2.45) is 0 Å². The smallest absolute Gasteiger partial charge is 0.368 e. The first-order valence-corrected chi connectivity index (χ1v) is 7.67. The molecule has 1 N–H and O–H groups in total. The van der Waals surface area contributed by atoms with E-state index < -0.39 is 4.92 Å². The van der Waals surface area contributed by atoms with Gasteiger partial charge in [-0.1, -0.05) is 27.8 Å². The lowest BCUT2D eigenvalue weighted by atomic mass is 9.93. The second kappa shape index (κ2) is 5.80. The molecule has 1 aliphatic heterocycles. The third-order valence-corrected chi connectivity index (χ3v) is 4.14. The number of nitrogens with one attached hydrogen (secondary N) is 1. The first-order chi connectivity index (χ1) is 11.7. The quantitative estimate of drug-likeness (QED) is 0.585. The second-order valence-electron chi connectivity index (χ2n) is 5.61. The molecule has 1 aromatic carbocycles. The molecule has 0 radical (unpaired) electrons. The lowest BCUT2D eigenvalue weighted by Crippen LogP contribution is -2.21. The summed E-state index contributed by atoms with van der Waals surface area (Å²) < 4.78 is 6.90. The summed E-state index contributed by atoms with van der Waals surface area (Å²) in [5.74, 6) is 1.66. The number of nitro groups is 1. The lowest BCUT2D eigenvalue weighted by Gasteiger charge is -2.26. The summed E-state index contributed by atoms with van der Waals surface area (Å²) >= 11 is 0. The molecule has 0 spiro atoms. The molecule has 4 rings (SSSR count). The summed E-state index contributed by atoms with van der Waals surface area (Å²) in [6, 6.07) is 11.5. The maximum atomic E-state index is 11.0. The van der Waals surface area contributed by atoms with E-state index in [2.05, 4.69) is 21.5 Å². The lowest BCUT2D eigenvalue weighted by molar-refractivity contribution is -0.391. The van der Waals surface area contributed by atoms with Crippen LogP contribution < -0.4 is 10.1 Å². The molecule has 0 fully saturated rings. The predicted octanol–water partition coefficient (Wildman–Crippen LogP) is 2.62. The highest BCUT2D eigenvalue weighted by Gasteiger charge is 2.21. The Labute approximate surface area is 137 Å². The second-order valence-corrected chi connectivity index (χ2v) is 5.61. The van der Waals surface area contributed by atoms with Crippen molar-refractivity contribution in [2.75, 3.05) is 18.5 Å². The van der Waals surface area contributed by atoms with Crippen LogP contribution in [0.4, 0.5) is 11.6 Å². The molecule has 1 aliphatic rings. The fourth-order valence-corrected chi connectivity index (χ4v) is 2.94. The molecule has 2 aromatic heterocycles. The number of imidazole rings is 1. The molecule has 24 heavy (non-hydrogen) atoms. The summed E-state index contributed by atoms with van der Waals surface area (Å²) in [6.45, 7) is 1.37. The number of rotatable bonds is 4. The van der Waals surface area contributed by atoms with Gasteiger partial charge in [0.25, 0.3) is 0 Å². The summed E-state index contributed by atoms with van der Waals surface area (Å²) in [5, 5.41) is 18.5. The number of para-hydroxylation sites is 1. The Morgan fingerprint density at radius 3 is 3.08 bits per heavy atom. The Balaban J connectivity index is 1.55. The van der Waals surface area contributed by atoms with Crippen LogP contribution in [-0.2, 0) is 0 Å².